The van der Waals surface area contributed by atoms with Gasteiger partial charge in [0.25, 0.3) is 0 Å². The van der Waals surface area contributed by atoms with E-state index >= 15 is 0 Å². The van der Waals surface area contributed by atoms with Gasteiger partial charge in [0, 0.05) is 0 Å². The molecule has 0 radical (unpaired) electrons. The van der Waals surface area contributed by atoms with Gasteiger partial charge in [-0.1, -0.05) is 13.3 Å². The van der Waals surface area contributed by atoms with E-state index in [1.165, 1.54) is 0 Å². The summed E-state index contributed by atoms with van der Waals surface area (Å²) in [5.74, 6) is -2.12. The predicted molar refractivity (Wildman–Crippen MR) is 68.1 cm³/mol. The molecule has 19 heavy (non-hydrogen) atoms. The number of ether oxygens (including phenoxy) is 1. The van der Waals surface area contributed by atoms with Gasteiger partial charge in [0.2, 0.25) is 0 Å². The Balaban J connectivity index is 3.05. The van der Waals surface area contributed by atoms with Crippen LogP contribution in [0.3, 0.4) is 0 Å². The molecule has 0 amide bonds. The van der Waals surface area contributed by atoms with Crippen molar-refractivity contribution >= 4 is 16.8 Å². The maximum atomic E-state index is 13.6. The molecule has 0 aliphatic carbocycles. The Morgan fingerprint density at radius 1 is 1.37 bits per heavy atom. The van der Waals surface area contributed by atoms with Crippen LogP contribution in [0.1, 0.15) is 26.7 Å². The zero-order chi connectivity index (χ0) is 14.4. The average molecular weight is 290 g/mol. The fraction of sp³-hybridized carbons (Fsp3) is 0.462. The number of esters is 1. The number of halogens is 2. The Hall–Kier alpha value is -1.30. The largest absolute Gasteiger partial charge is 0.465 e. The van der Waals surface area contributed by atoms with E-state index in [9.17, 15) is 17.8 Å². The van der Waals surface area contributed by atoms with E-state index in [4.69, 9.17) is 4.74 Å². The lowest BCUT2D eigenvalue weighted by atomic mass is 10.2. The Bertz CT molecular complexity index is 477. The van der Waals surface area contributed by atoms with Crippen molar-refractivity contribution in [2.45, 2.75) is 36.8 Å². The Kier molecular flexibility index (Phi) is 6.08. The molecule has 1 rings (SSSR count). The summed E-state index contributed by atoms with van der Waals surface area (Å²) < 4.78 is 43.7. The number of carbonyl (C=O) groups excluding carboxylic acids is 1. The van der Waals surface area contributed by atoms with Gasteiger partial charge < -0.3 is 4.74 Å². The molecule has 0 saturated carbocycles. The second-order valence-corrected chi connectivity index (χ2v) is 5.51. The van der Waals surface area contributed by atoms with Gasteiger partial charge in [-0.05, 0) is 31.5 Å². The zero-order valence-electron chi connectivity index (χ0n) is 10.8. The molecule has 0 fully saturated rings. The van der Waals surface area contributed by atoms with Crippen LogP contribution in [0.25, 0.3) is 0 Å². The Morgan fingerprint density at radius 3 is 2.63 bits per heavy atom. The molecule has 0 spiro atoms. The Morgan fingerprint density at radius 2 is 2.05 bits per heavy atom. The van der Waals surface area contributed by atoms with E-state index in [2.05, 4.69) is 0 Å². The van der Waals surface area contributed by atoms with Gasteiger partial charge in [0.15, 0.2) is 0 Å². The van der Waals surface area contributed by atoms with E-state index < -0.39 is 33.7 Å². The normalized spacial score (nSPS) is 13.9. The second kappa shape index (κ2) is 7.33. The van der Waals surface area contributed by atoms with Crippen LogP contribution in [0.15, 0.2) is 23.1 Å². The van der Waals surface area contributed by atoms with Gasteiger partial charge >= 0.3 is 5.97 Å². The highest BCUT2D eigenvalue weighted by molar-refractivity contribution is 7.86. The fourth-order valence-corrected chi connectivity index (χ4v) is 3.08. The van der Waals surface area contributed by atoms with Crippen LogP contribution in [0.2, 0.25) is 0 Å². The summed E-state index contributed by atoms with van der Waals surface area (Å²) in [5.41, 5.74) is 0. The van der Waals surface area contributed by atoms with E-state index in [0.717, 1.165) is 18.2 Å². The van der Waals surface area contributed by atoms with Crippen molar-refractivity contribution in [2.75, 3.05) is 6.61 Å². The smallest absolute Gasteiger partial charge is 0.322 e. The number of hydrogen-bond acceptors (Lipinski definition) is 3. The third-order valence-corrected chi connectivity index (χ3v) is 4.16. The molecule has 2 atom stereocenters. The highest BCUT2D eigenvalue weighted by Crippen LogP contribution is 2.20. The SMILES string of the molecule is CCCC(C(=O)OCC)S(=O)c1cc(F)ccc1F. The summed E-state index contributed by atoms with van der Waals surface area (Å²) in [6.07, 6.45) is 0.882. The van der Waals surface area contributed by atoms with Gasteiger partial charge in [-0.25, -0.2) is 8.78 Å². The third-order valence-electron chi connectivity index (χ3n) is 2.47. The highest BCUT2D eigenvalue weighted by Gasteiger charge is 2.28. The Labute approximate surface area is 113 Å². The highest BCUT2D eigenvalue weighted by atomic mass is 32.2. The van der Waals surface area contributed by atoms with Crippen LogP contribution in [-0.4, -0.2) is 22.0 Å². The monoisotopic (exact) mass is 290 g/mol. The summed E-state index contributed by atoms with van der Waals surface area (Å²) >= 11 is 0. The van der Waals surface area contributed by atoms with Crippen LogP contribution in [0, 0.1) is 11.6 Å². The van der Waals surface area contributed by atoms with Crippen molar-refractivity contribution in [3.8, 4) is 0 Å². The molecule has 1 aromatic rings. The molecule has 0 heterocycles. The molecule has 6 heteroatoms. The van der Waals surface area contributed by atoms with Crippen molar-refractivity contribution in [3.63, 3.8) is 0 Å². The van der Waals surface area contributed by atoms with Gasteiger partial charge in [-0.2, -0.15) is 0 Å². The van der Waals surface area contributed by atoms with Gasteiger partial charge in [0.1, 0.15) is 16.9 Å². The minimum atomic E-state index is -1.96. The standard InChI is InChI=1S/C13H16F2O3S/c1-3-5-11(13(16)18-4-2)19(17)12-8-9(14)6-7-10(12)15/h6-8,11H,3-5H2,1-2H3. The molecular weight excluding hydrogens is 274 g/mol. The average Bonchev–Trinajstić information content (AvgIpc) is 2.38. The fourth-order valence-electron chi connectivity index (χ4n) is 1.59. The lowest BCUT2D eigenvalue weighted by Crippen LogP contribution is -2.28. The molecular formula is C13H16F2O3S. The first-order valence-corrected chi connectivity index (χ1v) is 7.24. The molecule has 0 aliphatic rings. The second-order valence-electron chi connectivity index (χ2n) is 3.90. The minimum absolute atomic E-state index is 0.155. The zero-order valence-corrected chi connectivity index (χ0v) is 11.6. The molecule has 0 aromatic heterocycles. The van der Waals surface area contributed by atoms with Crippen LogP contribution in [-0.2, 0) is 20.3 Å². The summed E-state index contributed by atoms with van der Waals surface area (Å²) in [7, 11) is -1.96. The van der Waals surface area contributed by atoms with E-state index in [-0.39, 0.29) is 11.5 Å². The van der Waals surface area contributed by atoms with E-state index in [0.29, 0.717) is 12.8 Å². The first-order valence-electron chi connectivity index (χ1n) is 6.03. The molecule has 0 bridgehead atoms. The summed E-state index contributed by atoms with van der Waals surface area (Å²) in [5, 5.41) is -0.971. The van der Waals surface area contributed by atoms with Gasteiger partial charge in [-0.15, -0.1) is 0 Å². The van der Waals surface area contributed by atoms with E-state index in [1.54, 1.807) is 6.92 Å². The van der Waals surface area contributed by atoms with Gasteiger partial charge in [0.05, 0.1) is 22.3 Å². The van der Waals surface area contributed by atoms with Crippen LogP contribution >= 0.6 is 0 Å². The molecule has 106 valence electrons. The summed E-state index contributed by atoms with van der Waals surface area (Å²) in [6, 6.07) is 2.69. The number of hydrogen-bond donors (Lipinski definition) is 0. The maximum Gasteiger partial charge on any atom is 0.322 e. The molecule has 3 nitrogen and oxygen atoms in total. The number of rotatable bonds is 6. The minimum Gasteiger partial charge on any atom is -0.465 e. The van der Waals surface area contributed by atoms with Crippen molar-refractivity contribution in [1.82, 2.24) is 0 Å². The van der Waals surface area contributed by atoms with E-state index in [1.807, 2.05) is 6.92 Å². The lowest BCUT2D eigenvalue weighted by Gasteiger charge is -2.14. The van der Waals surface area contributed by atoms with Crippen molar-refractivity contribution < 1.29 is 22.5 Å². The first kappa shape index (κ1) is 15.8. The van der Waals surface area contributed by atoms with Crippen LogP contribution < -0.4 is 0 Å². The lowest BCUT2D eigenvalue weighted by molar-refractivity contribution is -0.142. The molecule has 2 unspecified atom stereocenters. The van der Waals surface area contributed by atoms with Crippen LogP contribution in [0.5, 0.6) is 0 Å². The molecule has 0 saturated heterocycles. The number of carbonyl (C=O) groups is 1. The van der Waals surface area contributed by atoms with Gasteiger partial charge in [-0.3, -0.25) is 9.00 Å². The summed E-state index contributed by atoms with van der Waals surface area (Å²) in [6.45, 7) is 3.60. The molecule has 0 aliphatic heterocycles. The molecule has 0 N–H and O–H groups in total. The van der Waals surface area contributed by atoms with Crippen molar-refractivity contribution in [1.29, 1.82) is 0 Å². The topological polar surface area (TPSA) is 43.4 Å². The quantitative estimate of drug-likeness (QED) is 0.757. The third kappa shape index (κ3) is 4.09. The first-order chi connectivity index (χ1) is 9.01. The number of benzene rings is 1. The van der Waals surface area contributed by atoms with Crippen molar-refractivity contribution in [3.05, 3.63) is 29.8 Å². The predicted octanol–water partition coefficient (Wildman–Crippen LogP) is 2.80. The van der Waals surface area contributed by atoms with Crippen molar-refractivity contribution in [2.24, 2.45) is 0 Å². The molecule has 1 aromatic carbocycles. The summed E-state index contributed by atoms with van der Waals surface area (Å²) in [4.78, 5) is 11.4. The maximum absolute atomic E-state index is 13.6. The van der Waals surface area contributed by atoms with Crippen LogP contribution in [0.4, 0.5) is 8.78 Å².